The first-order valence-corrected chi connectivity index (χ1v) is 7.13. The van der Waals surface area contributed by atoms with E-state index in [0.29, 0.717) is 9.71 Å². The first-order chi connectivity index (χ1) is 10.5. The number of fused-ring (bicyclic) bond motifs is 1. The molecule has 2 heterocycles. The molecule has 0 aliphatic carbocycles. The highest BCUT2D eigenvalue weighted by molar-refractivity contribution is 7.19. The van der Waals surface area contributed by atoms with Crippen LogP contribution in [0.4, 0.5) is 4.39 Å². The Labute approximate surface area is 126 Å². The van der Waals surface area contributed by atoms with Gasteiger partial charge < -0.3 is 5.32 Å². The molecule has 0 radical (unpaired) electrons. The second kappa shape index (κ2) is 5.57. The van der Waals surface area contributed by atoms with Crippen molar-refractivity contribution < 1.29 is 9.18 Å². The molecule has 0 aliphatic heterocycles. The van der Waals surface area contributed by atoms with E-state index >= 15 is 0 Å². The van der Waals surface area contributed by atoms with Gasteiger partial charge >= 0.3 is 5.69 Å². The van der Waals surface area contributed by atoms with Crippen molar-refractivity contribution in [2.45, 2.75) is 6.54 Å². The Morgan fingerprint density at radius 2 is 2.00 bits per heavy atom. The van der Waals surface area contributed by atoms with Crippen molar-refractivity contribution in [1.29, 1.82) is 0 Å². The molecule has 3 aromatic rings. The third kappa shape index (κ3) is 2.82. The third-order valence-corrected chi connectivity index (χ3v) is 4.03. The average Bonchev–Trinajstić information content (AvgIpc) is 2.90. The molecule has 0 fully saturated rings. The highest BCUT2D eigenvalue weighted by Crippen LogP contribution is 2.14. The number of carbonyl (C=O) groups is 1. The summed E-state index contributed by atoms with van der Waals surface area (Å²) < 4.78 is 14.0. The number of nitrogens with zero attached hydrogens (tertiary/aromatic N) is 1. The largest absolute Gasteiger partial charge is 0.347 e. The van der Waals surface area contributed by atoms with E-state index in [4.69, 9.17) is 0 Å². The maximum absolute atomic E-state index is 12.8. The van der Waals surface area contributed by atoms with Gasteiger partial charge in [-0.05, 0) is 17.7 Å². The maximum Gasteiger partial charge on any atom is 0.333 e. The molecular formula is C14H10FN3O3S. The van der Waals surface area contributed by atoms with Gasteiger partial charge in [-0.25, -0.2) is 9.18 Å². The van der Waals surface area contributed by atoms with Gasteiger partial charge in [0, 0.05) is 18.8 Å². The fraction of sp³-hybridized carbons (Fsp3) is 0.0714. The Balaban J connectivity index is 1.80. The zero-order chi connectivity index (χ0) is 15.7. The van der Waals surface area contributed by atoms with Crippen LogP contribution in [0.3, 0.4) is 0 Å². The van der Waals surface area contributed by atoms with Crippen LogP contribution in [0.5, 0.6) is 0 Å². The van der Waals surface area contributed by atoms with Crippen LogP contribution in [0.15, 0.2) is 46.1 Å². The Hall–Kier alpha value is -2.74. The van der Waals surface area contributed by atoms with Gasteiger partial charge in [-0.2, -0.15) is 0 Å². The van der Waals surface area contributed by atoms with Crippen LogP contribution in [-0.4, -0.2) is 15.3 Å². The summed E-state index contributed by atoms with van der Waals surface area (Å²) in [5, 5.41) is 2.68. The van der Waals surface area contributed by atoms with Crippen LogP contribution in [0.1, 0.15) is 15.2 Å². The normalized spacial score (nSPS) is 10.8. The van der Waals surface area contributed by atoms with Gasteiger partial charge in [0.05, 0.1) is 0 Å². The van der Waals surface area contributed by atoms with Crippen molar-refractivity contribution in [3.63, 3.8) is 0 Å². The van der Waals surface area contributed by atoms with E-state index in [2.05, 4.69) is 10.3 Å². The summed E-state index contributed by atoms with van der Waals surface area (Å²) in [6.07, 6.45) is 1.37. The number of thiazole rings is 1. The number of amides is 1. The molecule has 1 aromatic carbocycles. The molecule has 0 saturated heterocycles. The highest BCUT2D eigenvalue weighted by atomic mass is 32.1. The monoisotopic (exact) mass is 319 g/mol. The van der Waals surface area contributed by atoms with Gasteiger partial charge in [0.2, 0.25) is 0 Å². The van der Waals surface area contributed by atoms with E-state index in [1.807, 2.05) is 0 Å². The number of hydrogen-bond acceptors (Lipinski definition) is 4. The van der Waals surface area contributed by atoms with Crippen LogP contribution in [0, 0.1) is 5.82 Å². The molecule has 2 N–H and O–H groups in total. The van der Waals surface area contributed by atoms with E-state index in [9.17, 15) is 18.8 Å². The molecule has 1 amide bonds. The topological polar surface area (TPSA) is 83.4 Å². The minimum absolute atomic E-state index is 0.237. The molecule has 6 nitrogen and oxygen atoms in total. The number of nitrogens with one attached hydrogen (secondary N) is 2. The van der Waals surface area contributed by atoms with Crippen LogP contribution >= 0.6 is 11.3 Å². The molecule has 22 heavy (non-hydrogen) atoms. The van der Waals surface area contributed by atoms with Crippen molar-refractivity contribution in [2.24, 2.45) is 0 Å². The van der Waals surface area contributed by atoms with Gasteiger partial charge in [0.15, 0.2) is 0 Å². The summed E-state index contributed by atoms with van der Waals surface area (Å²) in [5.41, 5.74) is -0.343. The Morgan fingerprint density at radius 3 is 2.73 bits per heavy atom. The Bertz CT molecular complexity index is 956. The smallest absolute Gasteiger partial charge is 0.333 e. The molecule has 8 heteroatoms. The number of aromatic amines is 1. The van der Waals surface area contributed by atoms with E-state index in [1.165, 1.54) is 28.8 Å². The third-order valence-electron chi connectivity index (χ3n) is 2.99. The van der Waals surface area contributed by atoms with E-state index in [0.717, 1.165) is 16.9 Å². The Morgan fingerprint density at radius 1 is 1.27 bits per heavy atom. The number of halogens is 1. The molecule has 112 valence electrons. The van der Waals surface area contributed by atoms with Crippen LogP contribution in [-0.2, 0) is 6.54 Å². The first kappa shape index (κ1) is 14.2. The van der Waals surface area contributed by atoms with Crippen molar-refractivity contribution in [2.75, 3.05) is 0 Å². The summed E-state index contributed by atoms with van der Waals surface area (Å²) in [4.78, 5) is 37.7. The summed E-state index contributed by atoms with van der Waals surface area (Å²) in [5.74, 6) is -0.714. The average molecular weight is 319 g/mol. The number of benzene rings is 1. The predicted octanol–water partition coefficient (Wildman–Crippen LogP) is 1.12. The van der Waals surface area contributed by atoms with Crippen LogP contribution < -0.4 is 16.6 Å². The second-order valence-electron chi connectivity index (χ2n) is 4.55. The van der Waals surface area contributed by atoms with Crippen molar-refractivity contribution >= 4 is 22.1 Å². The number of carbonyl (C=O) groups excluding carboxylic acids is 1. The van der Waals surface area contributed by atoms with Gasteiger partial charge in [-0.15, -0.1) is 11.3 Å². The highest BCUT2D eigenvalue weighted by Gasteiger charge is 2.11. The van der Waals surface area contributed by atoms with E-state index in [-0.39, 0.29) is 18.3 Å². The lowest BCUT2D eigenvalue weighted by molar-refractivity contribution is 0.0954. The summed E-state index contributed by atoms with van der Waals surface area (Å²) in [6.45, 7) is 0.237. The number of aromatic nitrogens is 2. The molecule has 0 atom stereocenters. The number of hydrogen-bond donors (Lipinski definition) is 2. The van der Waals surface area contributed by atoms with Gasteiger partial charge in [-0.3, -0.25) is 19.0 Å². The standard InChI is InChI=1S/C14H10FN3O3S/c15-9-3-1-8(2-4-9)6-16-13(20)10-7-18-12(22-10)5-11(19)17-14(18)21/h1-5,7H,6H2,(H,16,20)(H,17,19,21). The minimum atomic E-state index is -0.587. The number of H-pyrrole nitrogens is 1. The zero-order valence-corrected chi connectivity index (χ0v) is 11.9. The van der Waals surface area contributed by atoms with Crippen molar-refractivity contribution in [1.82, 2.24) is 14.7 Å². The van der Waals surface area contributed by atoms with Gasteiger partial charge in [0.25, 0.3) is 11.5 Å². The molecule has 0 unspecified atom stereocenters. The molecule has 0 aliphatic rings. The van der Waals surface area contributed by atoms with E-state index in [1.54, 1.807) is 12.1 Å². The van der Waals surface area contributed by atoms with Crippen LogP contribution in [0.2, 0.25) is 0 Å². The predicted molar refractivity (Wildman–Crippen MR) is 79.7 cm³/mol. The molecule has 0 saturated carbocycles. The van der Waals surface area contributed by atoms with Crippen molar-refractivity contribution in [3.05, 3.63) is 73.6 Å². The summed E-state index contributed by atoms with van der Waals surface area (Å²) >= 11 is 1.04. The maximum atomic E-state index is 12.8. The van der Waals surface area contributed by atoms with Crippen LogP contribution in [0.25, 0.3) is 4.83 Å². The fourth-order valence-electron chi connectivity index (χ4n) is 1.92. The molecule has 3 rings (SSSR count). The quantitative estimate of drug-likeness (QED) is 0.759. The molecule has 2 aromatic heterocycles. The Kier molecular flexibility index (Phi) is 3.60. The minimum Gasteiger partial charge on any atom is -0.347 e. The van der Waals surface area contributed by atoms with Crippen molar-refractivity contribution in [3.8, 4) is 0 Å². The van der Waals surface area contributed by atoms with E-state index < -0.39 is 11.2 Å². The first-order valence-electron chi connectivity index (χ1n) is 6.31. The molecule has 0 bridgehead atoms. The fourth-order valence-corrected chi connectivity index (χ4v) is 2.87. The summed E-state index contributed by atoms with van der Waals surface area (Å²) in [7, 11) is 0. The lowest BCUT2D eigenvalue weighted by atomic mass is 10.2. The lowest BCUT2D eigenvalue weighted by Crippen LogP contribution is -2.24. The lowest BCUT2D eigenvalue weighted by Gasteiger charge is -2.03. The summed E-state index contributed by atoms with van der Waals surface area (Å²) in [6, 6.07) is 7.02. The SMILES string of the molecule is O=C(NCc1ccc(F)cc1)c1cn2c(=O)[nH]c(=O)cc2s1. The molecule has 0 spiro atoms. The number of rotatable bonds is 3. The second-order valence-corrected chi connectivity index (χ2v) is 5.61. The zero-order valence-electron chi connectivity index (χ0n) is 11.1. The van der Waals surface area contributed by atoms with Gasteiger partial charge in [-0.1, -0.05) is 12.1 Å². The van der Waals surface area contributed by atoms with Gasteiger partial charge in [0.1, 0.15) is 15.5 Å². The molecular weight excluding hydrogens is 309 g/mol.